The quantitative estimate of drug-likeness (QED) is 0.884. The molecule has 1 saturated heterocycles. The molecule has 2 N–H and O–H groups in total. The number of pyridine rings is 1. The molecule has 0 saturated carbocycles. The fourth-order valence-corrected chi connectivity index (χ4v) is 2.77. The van der Waals surface area contributed by atoms with Gasteiger partial charge in [-0.25, -0.2) is 14.8 Å². The van der Waals surface area contributed by atoms with Crippen LogP contribution < -0.4 is 10.5 Å². The van der Waals surface area contributed by atoms with Crippen LogP contribution in [0, 0.1) is 0 Å². The SMILES string of the molecule is CC(C)(C)OC(=O)N1CCC(Oc2nc(-c3ccncc3)cnc2N)CC1. The predicted molar refractivity (Wildman–Crippen MR) is 101 cm³/mol. The van der Waals surface area contributed by atoms with Crippen molar-refractivity contribution in [3.8, 4) is 17.1 Å². The van der Waals surface area contributed by atoms with Crippen LogP contribution in [-0.4, -0.2) is 50.7 Å². The van der Waals surface area contributed by atoms with E-state index in [1.54, 1.807) is 23.5 Å². The number of hydrogen-bond acceptors (Lipinski definition) is 7. The maximum Gasteiger partial charge on any atom is 0.410 e. The summed E-state index contributed by atoms with van der Waals surface area (Å²) in [5.41, 5.74) is 7.00. The lowest BCUT2D eigenvalue weighted by Gasteiger charge is -2.33. The lowest BCUT2D eigenvalue weighted by atomic mass is 10.1. The van der Waals surface area contributed by atoms with E-state index in [0.717, 1.165) is 5.56 Å². The zero-order valence-electron chi connectivity index (χ0n) is 15.9. The molecular formula is C19H25N5O3. The number of likely N-dealkylation sites (tertiary alicyclic amines) is 1. The molecule has 2 aromatic rings. The number of aromatic nitrogens is 3. The first kappa shape index (κ1) is 18.9. The van der Waals surface area contributed by atoms with Crippen molar-refractivity contribution in [1.82, 2.24) is 19.9 Å². The molecule has 0 spiro atoms. The summed E-state index contributed by atoms with van der Waals surface area (Å²) in [6.07, 6.45) is 6.00. The van der Waals surface area contributed by atoms with E-state index in [2.05, 4.69) is 15.0 Å². The van der Waals surface area contributed by atoms with Crippen LogP contribution in [-0.2, 0) is 4.74 Å². The van der Waals surface area contributed by atoms with E-state index in [1.165, 1.54) is 0 Å². The minimum Gasteiger partial charge on any atom is -0.472 e. The van der Waals surface area contributed by atoms with Crippen molar-refractivity contribution >= 4 is 11.9 Å². The van der Waals surface area contributed by atoms with Gasteiger partial charge in [-0.1, -0.05) is 0 Å². The third-order valence-electron chi connectivity index (χ3n) is 4.12. The lowest BCUT2D eigenvalue weighted by molar-refractivity contribution is 0.0123. The van der Waals surface area contributed by atoms with Crippen molar-refractivity contribution in [3.63, 3.8) is 0 Å². The van der Waals surface area contributed by atoms with Gasteiger partial charge < -0.3 is 20.1 Å². The Hall–Kier alpha value is -2.90. The van der Waals surface area contributed by atoms with Crippen LogP contribution in [0.3, 0.4) is 0 Å². The molecule has 27 heavy (non-hydrogen) atoms. The van der Waals surface area contributed by atoms with Gasteiger partial charge in [0.25, 0.3) is 5.88 Å². The molecule has 0 radical (unpaired) electrons. The topological polar surface area (TPSA) is 103 Å². The first-order valence-corrected chi connectivity index (χ1v) is 8.99. The molecule has 0 aromatic carbocycles. The van der Waals surface area contributed by atoms with E-state index in [0.29, 0.717) is 37.5 Å². The molecule has 1 aliphatic rings. The van der Waals surface area contributed by atoms with Gasteiger partial charge in [-0.05, 0) is 32.9 Å². The molecule has 1 fully saturated rings. The number of carbonyl (C=O) groups is 1. The molecule has 3 heterocycles. The number of ether oxygens (including phenoxy) is 2. The van der Waals surface area contributed by atoms with Crippen molar-refractivity contribution in [2.75, 3.05) is 18.8 Å². The number of nitrogens with two attached hydrogens (primary N) is 1. The molecule has 8 heteroatoms. The Morgan fingerprint density at radius 2 is 1.89 bits per heavy atom. The second kappa shape index (κ2) is 7.77. The standard InChI is InChI=1S/C19H25N5O3/c1-19(2,3)27-18(25)24-10-6-14(7-11-24)26-17-16(20)22-12-15(23-17)13-4-8-21-9-5-13/h4-5,8-9,12,14H,6-7,10-11H2,1-3H3,(H2,20,22). The molecule has 3 rings (SSSR count). The molecule has 144 valence electrons. The number of nitrogens with zero attached hydrogens (tertiary/aromatic N) is 4. The summed E-state index contributed by atoms with van der Waals surface area (Å²) in [5.74, 6) is 0.572. The fraction of sp³-hybridized carbons (Fsp3) is 0.474. The molecule has 1 aliphatic heterocycles. The maximum absolute atomic E-state index is 12.1. The summed E-state index contributed by atoms with van der Waals surface area (Å²) in [6.45, 7) is 6.71. The predicted octanol–water partition coefficient (Wildman–Crippen LogP) is 2.90. The summed E-state index contributed by atoms with van der Waals surface area (Å²) in [4.78, 5) is 26.5. The Morgan fingerprint density at radius 3 is 2.52 bits per heavy atom. The molecule has 0 bridgehead atoms. The van der Waals surface area contributed by atoms with E-state index < -0.39 is 5.60 Å². The Kier molecular flexibility index (Phi) is 5.43. The Balaban J connectivity index is 1.61. The lowest BCUT2D eigenvalue weighted by Crippen LogP contribution is -2.44. The van der Waals surface area contributed by atoms with Gasteiger partial charge in [0.05, 0.1) is 11.9 Å². The van der Waals surface area contributed by atoms with Crippen LogP contribution in [0.15, 0.2) is 30.7 Å². The summed E-state index contributed by atoms with van der Waals surface area (Å²) >= 11 is 0. The Morgan fingerprint density at radius 1 is 1.22 bits per heavy atom. The first-order chi connectivity index (χ1) is 12.8. The molecule has 0 atom stereocenters. The van der Waals surface area contributed by atoms with Crippen LogP contribution in [0.5, 0.6) is 5.88 Å². The highest BCUT2D eigenvalue weighted by atomic mass is 16.6. The van der Waals surface area contributed by atoms with Gasteiger partial charge in [0.15, 0.2) is 5.82 Å². The third kappa shape index (κ3) is 5.06. The van der Waals surface area contributed by atoms with Crippen LogP contribution >= 0.6 is 0 Å². The molecular weight excluding hydrogens is 346 g/mol. The summed E-state index contributed by atoms with van der Waals surface area (Å²) in [7, 11) is 0. The summed E-state index contributed by atoms with van der Waals surface area (Å²) < 4.78 is 11.4. The third-order valence-corrected chi connectivity index (χ3v) is 4.12. The minimum atomic E-state index is -0.498. The van der Waals surface area contributed by atoms with E-state index in [9.17, 15) is 4.79 Å². The number of piperidine rings is 1. The zero-order valence-corrected chi connectivity index (χ0v) is 15.9. The maximum atomic E-state index is 12.1. The van der Waals surface area contributed by atoms with Gasteiger partial charge in [-0.15, -0.1) is 0 Å². The van der Waals surface area contributed by atoms with Crippen LogP contribution in [0.25, 0.3) is 11.3 Å². The van der Waals surface area contributed by atoms with Gasteiger partial charge in [-0.2, -0.15) is 0 Å². The molecule has 0 unspecified atom stereocenters. The molecule has 0 aliphatic carbocycles. The van der Waals surface area contributed by atoms with Crippen molar-refractivity contribution in [1.29, 1.82) is 0 Å². The highest BCUT2D eigenvalue weighted by molar-refractivity contribution is 5.68. The number of nitrogen functional groups attached to an aromatic ring is 1. The number of amides is 1. The van der Waals surface area contributed by atoms with E-state index >= 15 is 0 Å². The Labute approximate surface area is 158 Å². The van der Waals surface area contributed by atoms with Gasteiger partial charge in [0, 0.05) is 43.9 Å². The van der Waals surface area contributed by atoms with E-state index in [-0.39, 0.29) is 18.0 Å². The monoisotopic (exact) mass is 371 g/mol. The highest BCUT2D eigenvalue weighted by Gasteiger charge is 2.28. The smallest absolute Gasteiger partial charge is 0.410 e. The summed E-state index contributed by atoms with van der Waals surface area (Å²) in [6, 6.07) is 3.70. The van der Waals surface area contributed by atoms with Crippen molar-refractivity contribution in [2.45, 2.75) is 45.3 Å². The highest BCUT2D eigenvalue weighted by Crippen LogP contribution is 2.25. The number of anilines is 1. The first-order valence-electron chi connectivity index (χ1n) is 8.99. The van der Waals surface area contributed by atoms with Gasteiger partial charge in [0.1, 0.15) is 11.7 Å². The second-order valence-corrected chi connectivity index (χ2v) is 7.47. The van der Waals surface area contributed by atoms with Crippen LogP contribution in [0.1, 0.15) is 33.6 Å². The van der Waals surface area contributed by atoms with Crippen molar-refractivity contribution in [2.24, 2.45) is 0 Å². The average Bonchev–Trinajstić information content (AvgIpc) is 2.63. The fourth-order valence-electron chi connectivity index (χ4n) is 2.77. The van der Waals surface area contributed by atoms with E-state index in [4.69, 9.17) is 15.2 Å². The summed E-state index contributed by atoms with van der Waals surface area (Å²) in [5, 5.41) is 0. The van der Waals surface area contributed by atoms with Crippen molar-refractivity contribution in [3.05, 3.63) is 30.7 Å². The van der Waals surface area contributed by atoms with Gasteiger partial charge in [0.2, 0.25) is 0 Å². The van der Waals surface area contributed by atoms with Crippen LogP contribution in [0.2, 0.25) is 0 Å². The molecule has 8 nitrogen and oxygen atoms in total. The minimum absolute atomic E-state index is 0.0759. The zero-order chi connectivity index (χ0) is 19.4. The number of carbonyl (C=O) groups excluding carboxylic acids is 1. The van der Waals surface area contributed by atoms with Gasteiger partial charge in [-0.3, -0.25) is 4.98 Å². The molecule has 1 amide bonds. The number of hydrogen-bond donors (Lipinski definition) is 1. The second-order valence-electron chi connectivity index (χ2n) is 7.47. The molecule has 2 aromatic heterocycles. The normalized spacial score (nSPS) is 15.4. The van der Waals surface area contributed by atoms with E-state index in [1.807, 2.05) is 32.9 Å². The van der Waals surface area contributed by atoms with Crippen LogP contribution in [0.4, 0.5) is 10.6 Å². The van der Waals surface area contributed by atoms with Crippen molar-refractivity contribution < 1.29 is 14.3 Å². The largest absolute Gasteiger partial charge is 0.472 e. The Bertz CT molecular complexity index is 784. The van der Waals surface area contributed by atoms with Gasteiger partial charge >= 0.3 is 6.09 Å². The average molecular weight is 371 g/mol. The number of rotatable bonds is 3.